The molecule has 0 atom stereocenters. The van der Waals surface area contributed by atoms with E-state index >= 15 is 0 Å². The van der Waals surface area contributed by atoms with Crippen molar-refractivity contribution in [2.24, 2.45) is 0 Å². The highest BCUT2D eigenvalue weighted by Gasteiger charge is 2.39. The summed E-state index contributed by atoms with van der Waals surface area (Å²) in [5, 5.41) is 9.26. The van der Waals surface area contributed by atoms with Crippen molar-refractivity contribution in [3.8, 4) is 0 Å². The highest BCUT2D eigenvalue weighted by atomic mass is 16.5. The first-order chi connectivity index (χ1) is 8.75. The summed E-state index contributed by atoms with van der Waals surface area (Å²) in [6.45, 7) is 4.76. The summed E-state index contributed by atoms with van der Waals surface area (Å²) in [6, 6.07) is 0. The number of nitrogens with zero attached hydrogens (tertiary/aromatic N) is 2. The number of hydrogen-bond acceptors (Lipinski definition) is 4. The van der Waals surface area contributed by atoms with Crippen molar-refractivity contribution < 1.29 is 9.84 Å². The summed E-state index contributed by atoms with van der Waals surface area (Å²) in [5.41, 5.74) is 1.48. The normalized spacial score (nSPS) is 18.2. The van der Waals surface area contributed by atoms with Gasteiger partial charge in [0.25, 0.3) is 0 Å². The molecule has 0 radical (unpaired) electrons. The van der Waals surface area contributed by atoms with Crippen LogP contribution in [-0.2, 0) is 23.4 Å². The number of hydrogen-bond donors (Lipinski definition) is 1. The van der Waals surface area contributed by atoms with E-state index in [0.29, 0.717) is 6.61 Å². The molecule has 0 aliphatic heterocycles. The van der Waals surface area contributed by atoms with Crippen molar-refractivity contribution in [3.05, 3.63) is 23.3 Å². The second-order valence-corrected chi connectivity index (χ2v) is 4.81. The van der Waals surface area contributed by atoms with Gasteiger partial charge in [-0.3, -0.25) is 0 Å². The summed E-state index contributed by atoms with van der Waals surface area (Å²) in [6.07, 6.45) is 6.91. The van der Waals surface area contributed by atoms with E-state index in [-0.39, 0.29) is 12.2 Å². The molecule has 18 heavy (non-hydrogen) atoms. The van der Waals surface area contributed by atoms with Crippen LogP contribution in [0.5, 0.6) is 0 Å². The lowest BCUT2D eigenvalue weighted by Crippen LogP contribution is -2.29. The SMILES string of the molecule is CCOC1(c2ncc(CO)c(CC)n2)CCCC1. The second-order valence-electron chi connectivity index (χ2n) is 4.81. The first-order valence-corrected chi connectivity index (χ1v) is 6.86. The van der Waals surface area contributed by atoms with Crippen LogP contribution in [0.1, 0.15) is 56.6 Å². The number of aliphatic hydroxyl groups excluding tert-OH is 1. The number of ether oxygens (including phenoxy) is 1. The van der Waals surface area contributed by atoms with Gasteiger partial charge in [0.1, 0.15) is 5.60 Å². The molecule has 1 aromatic rings. The van der Waals surface area contributed by atoms with E-state index in [1.165, 1.54) is 12.8 Å². The molecule has 1 aliphatic rings. The van der Waals surface area contributed by atoms with E-state index < -0.39 is 0 Å². The smallest absolute Gasteiger partial charge is 0.160 e. The maximum Gasteiger partial charge on any atom is 0.160 e. The van der Waals surface area contributed by atoms with Gasteiger partial charge in [0, 0.05) is 24.1 Å². The first kappa shape index (κ1) is 13.4. The van der Waals surface area contributed by atoms with Crippen molar-refractivity contribution in [2.45, 2.75) is 58.2 Å². The predicted octanol–water partition coefficient (Wildman–Crippen LogP) is 2.34. The van der Waals surface area contributed by atoms with Crippen LogP contribution in [0.2, 0.25) is 0 Å². The van der Waals surface area contributed by atoms with E-state index in [0.717, 1.165) is 36.3 Å². The van der Waals surface area contributed by atoms with E-state index in [1.807, 2.05) is 13.8 Å². The van der Waals surface area contributed by atoms with Crippen molar-refractivity contribution in [3.63, 3.8) is 0 Å². The molecule has 2 rings (SSSR count). The van der Waals surface area contributed by atoms with Crippen LogP contribution in [0, 0.1) is 0 Å². The number of aryl methyl sites for hydroxylation is 1. The molecule has 1 N–H and O–H groups in total. The van der Waals surface area contributed by atoms with Crippen molar-refractivity contribution in [2.75, 3.05) is 6.61 Å². The van der Waals surface area contributed by atoms with Gasteiger partial charge in [0.2, 0.25) is 0 Å². The Bertz CT molecular complexity index is 401. The third kappa shape index (κ3) is 2.40. The predicted molar refractivity (Wildman–Crippen MR) is 69.1 cm³/mol. The van der Waals surface area contributed by atoms with E-state index in [2.05, 4.69) is 9.97 Å². The van der Waals surface area contributed by atoms with Gasteiger partial charge in [0.15, 0.2) is 5.82 Å². The highest BCUT2D eigenvalue weighted by Crippen LogP contribution is 2.40. The zero-order valence-electron chi connectivity index (χ0n) is 11.3. The van der Waals surface area contributed by atoms with Crippen molar-refractivity contribution >= 4 is 0 Å². The van der Waals surface area contributed by atoms with Gasteiger partial charge < -0.3 is 9.84 Å². The quantitative estimate of drug-likeness (QED) is 0.871. The largest absolute Gasteiger partial charge is 0.392 e. The van der Waals surface area contributed by atoms with Crippen LogP contribution in [-0.4, -0.2) is 21.7 Å². The van der Waals surface area contributed by atoms with Crippen LogP contribution in [0.25, 0.3) is 0 Å². The molecule has 100 valence electrons. The monoisotopic (exact) mass is 250 g/mol. The van der Waals surface area contributed by atoms with Crippen molar-refractivity contribution in [1.82, 2.24) is 9.97 Å². The van der Waals surface area contributed by atoms with E-state index in [9.17, 15) is 5.11 Å². The van der Waals surface area contributed by atoms with E-state index in [4.69, 9.17) is 4.74 Å². The van der Waals surface area contributed by atoms with Gasteiger partial charge >= 0.3 is 0 Å². The third-order valence-electron chi connectivity index (χ3n) is 3.70. The minimum absolute atomic E-state index is 0.00505. The van der Waals surface area contributed by atoms with E-state index in [1.54, 1.807) is 6.20 Å². The number of rotatable bonds is 5. The average molecular weight is 250 g/mol. The molecule has 1 fully saturated rings. The average Bonchev–Trinajstić information content (AvgIpc) is 2.88. The van der Waals surface area contributed by atoms with Gasteiger partial charge in [-0.25, -0.2) is 9.97 Å². The lowest BCUT2D eigenvalue weighted by Gasteiger charge is -2.27. The van der Waals surface area contributed by atoms with Crippen LogP contribution in [0.4, 0.5) is 0 Å². The summed E-state index contributed by atoms with van der Waals surface area (Å²) in [7, 11) is 0. The zero-order chi connectivity index (χ0) is 13.0. The lowest BCUT2D eigenvalue weighted by molar-refractivity contribution is -0.0459. The first-order valence-electron chi connectivity index (χ1n) is 6.86. The summed E-state index contributed by atoms with van der Waals surface area (Å²) in [5.74, 6) is 0.802. The molecule has 1 saturated carbocycles. The minimum atomic E-state index is -0.285. The second kappa shape index (κ2) is 5.76. The van der Waals surface area contributed by atoms with Crippen LogP contribution < -0.4 is 0 Å². The van der Waals surface area contributed by atoms with Gasteiger partial charge in [-0.2, -0.15) is 0 Å². The standard InChI is InChI=1S/C14H22N2O2/c1-3-12-11(10-17)9-15-13(16-12)14(18-4-2)7-5-6-8-14/h9,17H,3-8,10H2,1-2H3. The maximum absolute atomic E-state index is 9.26. The Morgan fingerprint density at radius 3 is 2.61 bits per heavy atom. The summed E-state index contributed by atoms with van der Waals surface area (Å²) < 4.78 is 5.96. The molecule has 1 aliphatic carbocycles. The minimum Gasteiger partial charge on any atom is -0.392 e. The van der Waals surface area contributed by atoms with Gasteiger partial charge in [-0.1, -0.05) is 6.92 Å². The number of aromatic nitrogens is 2. The summed E-state index contributed by atoms with van der Waals surface area (Å²) in [4.78, 5) is 9.07. The molecule has 1 heterocycles. The Morgan fingerprint density at radius 1 is 1.33 bits per heavy atom. The molecule has 0 bridgehead atoms. The van der Waals surface area contributed by atoms with Crippen LogP contribution in [0.15, 0.2) is 6.20 Å². The molecular formula is C14H22N2O2. The molecule has 0 spiro atoms. The van der Waals surface area contributed by atoms with Gasteiger partial charge in [-0.05, 0) is 39.0 Å². The lowest BCUT2D eigenvalue weighted by atomic mass is 10.0. The Kier molecular flexibility index (Phi) is 4.30. The molecule has 0 saturated heterocycles. The van der Waals surface area contributed by atoms with Crippen LogP contribution in [0.3, 0.4) is 0 Å². The topological polar surface area (TPSA) is 55.2 Å². The molecule has 0 amide bonds. The third-order valence-corrected chi connectivity index (χ3v) is 3.70. The molecule has 1 aromatic heterocycles. The molecule has 0 aromatic carbocycles. The Balaban J connectivity index is 2.36. The fraction of sp³-hybridized carbons (Fsp3) is 0.714. The fourth-order valence-electron chi connectivity index (χ4n) is 2.75. The van der Waals surface area contributed by atoms with Crippen molar-refractivity contribution in [1.29, 1.82) is 0 Å². The fourth-order valence-corrected chi connectivity index (χ4v) is 2.75. The highest BCUT2D eigenvalue weighted by molar-refractivity contribution is 5.19. The molecule has 4 nitrogen and oxygen atoms in total. The zero-order valence-corrected chi connectivity index (χ0v) is 11.3. The number of aliphatic hydroxyl groups is 1. The van der Waals surface area contributed by atoms with Crippen LogP contribution >= 0.6 is 0 Å². The van der Waals surface area contributed by atoms with Gasteiger partial charge in [0.05, 0.1) is 6.61 Å². The Labute approximate surface area is 108 Å². The molecule has 0 unspecified atom stereocenters. The Hall–Kier alpha value is -1.00. The maximum atomic E-state index is 9.26. The Morgan fingerprint density at radius 2 is 2.06 bits per heavy atom. The summed E-state index contributed by atoms with van der Waals surface area (Å²) >= 11 is 0. The molecule has 4 heteroatoms. The molecular weight excluding hydrogens is 228 g/mol. The van der Waals surface area contributed by atoms with Gasteiger partial charge in [-0.15, -0.1) is 0 Å².